The summed E-state index contributed by atoms with van der Waals surface area (Å²) in [6, 6.07) is 16.8. The Morgan fingerprint density at radius 1 is 0.509 bits per heavy atom. The molecule has 7 heteroatoms. The average molecular weight is 690 g/mol. The molecule has 5 aliphatic rings. The minimum absolute atomic E-state index is 0.736. The quantitative estimate of drug-likeness (QED) is 0.180. The molecule has 0 fully saturated rings. The van der Waals surface area contributed by atoms with Crippen LogP contribution in [0.5, 0.6) is 0 Å². The molecule has 0 amide bonds. The second-order valence-corrected chi connectivity index (χ2v) is 13.9. The van der Waals surface area contributed by atoms with Gasteiger partial charge in [0.15, 0.2) is 0 Å². The van der Waals surface area contributed by atoms with Crippen molar-refractivity contribution in [2.45, 2.75) is 20.8 Å². The van der Waals surface area contributed by atoms with Crippen LogP contribution in [0.15, 0.2) is 120 Å². The number of rotatable bonds is 4. The van der Waals surface area contributed by atoms with Crippen LogP contribution in [0.2, 0.25) is 0 Å². The molecule has 1 aromatic carbocycles. The van der Waals surface area contributed by atoms with Gasteiger partial charge in [0.05, 0.1) is 56.4 Å². The molecule has 3 aromatic heterocycles. The summed E-state index contributed by atoms with van der Waals surface area (Å²) in [6.45, 7) is 8.62. The largest absolute Gasteiger partial charge is 0.353 e. The predicted octanol–water partition coefficient (Wildman–Crippen LogP) is 10.1. The Labute approximate surface area is 309 Å². The van der Waals surface area contributed by atoms with E-state index in [1.54, 1.807) is 0 Å². The van der Waals surface area contributed by atoms with Crippen LogP contribution in [0.25, 0.3) is 57.5 Å². The zero-order valence-corrected chi connectivity index (χ0v) is 30.1. The van der Waals surface area contributed by atoms with Crippen molar-refractivity contribution in [1.29, 1.82) is 0 Å². The van der Waals surface area contributed by atoms with E-state index in [0.29, 0.717) is 0 Å². The first-order chi connectivity index (χ1) is 25.9. The fourth-order valence-corrected chi connectivity index (χ4v) is 7.34. The molecular formula is C46H39N7. The van der Waals surface area contributed by atoms with Crippen LogP contribution < -0.4 is 14.7 Å². The summed E-state index contributed by atoms with van der Waals surface area (Å²) in [5, 5.41) is 0. The first-order valence-corrected chi connectivity index (χ1v) is 18.0. The summed E-state index contributed by atoms with van der Waals surface area (Å²) in [4.78, 5) is 25.2. The molecule has 9 rings (SSSR count). The summed E-state index contributed by atoms with van der Waals surface area (Å²) in [5.41, 5.74) is 17.0. The SMILES string of the molecule is C#Cc1ccc(-c2c3nc(c(N4C=CC(C)=CC4)c4ccc([nH]4)c(N4C=CC(C)=CC4)c4nc(c(N5C=CC(C)=CC5)c5ccc2[nH]5)C=C4)C=C3)cc1. The summed E-state index contributed by atoms with van der Waals surface area (Å²) in [6.07, 6.45) is 33.9. The number of anilines is 3. The molecule has 258 valence electrons. The second-order valence-electron chi connectivity index (χ2n) is 13.9. The number of allylic oxidation sites excluding steroid dienone is 6. The Bertz CT molecular complexity index is 2610. The van der Waals surface area contributed by atoms with Crippen LogP contribution in [0.1, 0.15) is 49.1 Å². The molecule has 4 aromatic rings. The summed E-state index contributed by atoms with van der Waals surface area (Å²) >= 11 is 0. The van der Waals surface area contributed by atoms with E-state index in [-0.39, 0.29) is 0 Å². The number of fused-ring (bicyclic) bond motifs is 8. The summed E-state index contributed by atoms with van der Waals surface area (Å²) in [7, 11) is 0. The number of hydrogen-bond donors (Lipinski definition) is 2. The maximum atomic E-state index is 5.77. The molecule has 0 unspecified atom stereocenters. The topological polar surface area (TPSA) is 67.1 Å². The van der Waals surface area contributed by atoms with E-state index in [4.69, 9.17) is 16.4 Å². The van der Waals surface area contributed by atoms with E-state index in [1.807, 2.05) is 12.1 Å². The highest BCUT2D eigenvalue weighted by molar-refractivity contribution is 5.98. The molecule has 5 aliphatic heterocycles. The van der Waals surface area contributed by atoms with E-state index in [9.17, 15) is 0 Å². The van der Waals surface area contributed by atoms with E-state index in [0.717, 1.165) is 98.2 Å². The molecule has 8 heterocycles. The number of hydrogen-bond acceptors (Lipinski definition) is 5. The number of benzene rings is 1. The van der Waals surface area contributed by atoms with Crippen molar-refractivity contribution in [1.82, 2.24) is 19.9 Å². The Morgan fingerprint density at radius 3 is 1.32 bits per heavy atom. The third-order valence-corrected chi connectivity index (χ3v) is 10.3. The molecule has 0 saturated heterocycles. The second kappa shape index (κ2) is 13.1. The number of aromatic nitrogens is 4. The molecule has 8 bridgehead atoms. The first-order valence-electron chi connectivity index (χ1n) is 18.0. The third-order valence-electron chi connectivity index (χ3n) is 10.3. The van der Waals surface area contributed by atoms with Gasteiger partial charge in [0.1, 0.15) is 0 Å². The lowest BCUT2D eigenvalue weighted by molar-refractivity contribution is 1.04. The molecule has 7 nitrogen and oxygen atoms in total. The molecular weight excluding hydrogens is 651 g/mol. The highest BCUT2D eigenvalue weighted by Crippen LogP contribution is 2.38. The monoisotopic (exact) mass is 689 g/mol. The fourth-order valence-electron chi connectivity index (χ4n) is 7.34. The van der Waals surface area contributed by atoms with Gasteiger partial charge >= 0.3 is 0 Å². The maximum Gasteiger partial charge on any atom is 0.0909 e. The predicted molar refractivity (Wildman–Crippen MR) is 223 cm³/mol. The van der Waals surface area contributed by atoms with Gasteiger partial charge in [-0.3, -0.25) is 0 Å². The van der Waals surface area contributed by atoms with Gasteiger partial charge in [-0.05, 0) is 105 Å². The van der Waals surface area contributed by atoms with Gasteiger partial charge in [0.25, 0.3) is 0 Å². The van der Waals surface area contributed by atoms with Crippen LogP contribution >= 0.6 is 0 Å². The van der Waals surface area contributed by atoms with Gasteiger partial charge < -0.3 is 24.7 Å². The van der Waals surface area contributed by atoms with Crippen LogP contribution in [0.3, 0.4) is 0 Å². The Balaban J connectivity index is 1.40. The van der Waals surface area contributed by atoms with Crippen molar-refractivity contribution in [2.75, 3.05) is 34.3 Å². The van der Waals surface area contributed by atoms with Gasteiger partial charge in [-0.15, -0.1) is 6.42 Å². The number of H-pyrrole nitrogens is 2. The van der Waals surface area contributed by atoms with Gasteiger partial charge in [-0.25, -0.2) is 9.97 Å². The van der Waals surface area contributed by atoms with Gasteiger partial charge in [-0.2, -0.15) is 0 Å². The smallest absolute Gasteiger partial charge is 0.0909 e. The zero-order chi connectivity index (χ0) is 36.1. The van der Waals surface area contributed by atoms with Crippen molar-refractivity contribution in [3.05, 3.63) is 149 Å². The standard InChI is InChI=1S/C46H39N7/c1-5-33-6-8-34(9-7-33)43-35-10-12-37(47-35)44(51-24-18-30(2)19-25-51)39-14-16-41(49-39)46(53-28-22-32(4)23-29-53)42-17-15-40(50-42)45(38-13-11-36(43)48-38)52-26-20-31(3)21-27-52/h1,6-24,26,28,47,50H,25,27,29H2,2-4H3. The highest BCUT2D eigenvalue weighted by Gasteiger charge is 2.22. The lowest BCUT2D eigenvalue weighted by Gasteiger charge is -2.24. The minimum atomic E-state index is 0.736. The van der Waals surface area contributed by atoms with Crippen LogP contribution in [0, 0.1) is 12.3 Å². The Morgan fingerprint density at radius 2 is 0.906 bits per heavy atom. The number of terminal acetylenes is 1. The minimum Gasteiger partial charge on any atom is -0.353 e. The lowest BCUT2D eigenvalue weighted by atomic mass is 10.0. The van der Waals surface area contributed by atoms with Crippen molar-refractivity contribution in [3.8, 4) is 23.5 Å². The maximum absolute atomic E-state index is 5.77. The number of aromatic amines is 2. The van der Waals surface area contributed by atoms with Crippen LogP contribution in [-0.2, 0) is 0 Å². The molecule has 53 heavy (non-hydrogen) atoms. The van der Waals surface area contributed by atoms with E-state index in [2.05, 4.69) is 167 Å². The van der Waals surface area contributed by atoms with Crippen molar-refractivity contribution in [3.63, 3.8) is 0 Å². The van der Waals surface area contributed by atoms with Crippen LogP contribution in [-0.4, -0.2) is 39.6 Å². The lowest BCUT2D eigenvalue weighted by Crippen LogP contribution is -2.20. The fraction of sp³-hybridized carbons (Fsp3) is 0.130. The number of nitrogens with zero attached hydrogens (tertiary/aromatic N) is 5. The third kappa shape index (κ3) is 5.94. The molecule has 0 saturated carbocycles. The zero-order valence-electron chi connectivity index (χ0n) is 30.1. The Hall–Kier alpha value is -6.78. The van der Waals surface area contributed by atoms with Crippen molar-refractivity contribution in [2.24, 2.45) is 0 Å². The van der Waals surface area contributed by atoms with Crippen LogP contribution in [0.4, 0.5) is 17.1 Å². The van der Waals surface area contributed by atoms with Crippen molar-refractivity contribution < 1.29 is 0 Å². The molecule has 2 N–H and O–H groups in total. The molecule has 0 aliphatic carbocycles. The molecule has 0 radical (unpaired) electrons. The van der Waals surface area contributed by atoms with E-state index >= 15 is 0 Å². The van der Waals surface area contributed by atoms with E-state index in [1.165, 1.54) is 16.7 Å². The van der Waals surface area contributed by atoms with Gasteiger partial charge in [0, 0.05) is 54.9 Å². The summed E-state index contributed by atoms with van der Waals surface area (Å²) in [5.74, 6) is 2.76. The normalized spacial score (nSPS) is 16.2. The van der Waals surface area contributed by atoms with Crippen molar-refractivity contribution >= 4 is 63.4 Å². The molecule has 0 spiro atoms. The van der Waals surface area contributed by atoms with Gasteiger partial charge in [0.2, 0.25) is 0 Å². The number of nitrogens with one attached hydrogen (secondary N) is 2. The first kappa shape index (κ1) is 32.1. The summed E-state index contributed by atoms with van der Waals surface area (Å²) < 4.78 is 0. The van der Waals surface area contributed by atoms with E-state index < -0.39 is 0 Å². The van der Waals surface area contributed by atoms with Gasteiger partial charge in [-0.1, -0.05) is 53.0 Å². The molecule has 0 atom stereocenters. The Kier molecular flexibility index (Phi) is 7.93. The highest BCUT2D eigenvalue weighted by atomic mass is 15.2. The average Bonchev–Trinajstić information content (AvgIpc) is 4.02.